The van der Waals surface area contributed by atoms with Gasteiger partial charge in [-0.05, 0) is 40.4 Å². The molecule has 3 aromatic carbocycles. The molecule has 7 heteroatoms. The van der Waals surface area contributed by atoms with Gasteiger partial charge in [-0.3, -0.25) is 10.1 Å². The van der Waals surface area contributed by atoms with Crippen molar-refractivity contribution in [1.82, 2.24) is 5.16 Å². The molecule has 0 aliphatic carbocycles. The number of thiophene rings is 1. The number of carboxylic acids is 1. The summed E-state index contributed by atoms with van der Waals surface area (Å²) in [5.41, 5.74) is 2.63. The number of aromatic nitrogens is 1. The van der Waals surface area contributed by atoms with Crippen molar-refractivity contribution in [2.75, 3.05) is 5.32 Å². The van der Waals surface area contributed by atoms with Crippen LogP contribution in [0.5, 0.6) is 0 Å². The average molecular weight is 440 g/mol. The van der Waals surface area contributed by atoms with Gasteiger partial charge >= 0.3 is 5.97 Å². The smallest absolute Gasteiger partial charge is 0.336 e. The molecule has 1 amide bonds. The quantitative estimate of drug-likeness (QED) is 0.341. The van der Waals surface area contributed by atoms with Crippen molar-refractivity contribution in [2.24, 2.45) is 0 Å². The predicted octanol–water partition coefficient (Wildman–Crippen LogP) is 6.17. The number of aromatic carboxylic acids is 1. The summed E-state index contributed by atoms with van der Waals surface area (Å²) in [5.74, 6) is -1.36. The van der Waals surface area contributed by atoms with Crippen LogP contribution in [0.4, 0.5) is 5.88 Å². The van der Waals surface area contributed by atoms with Gasteiger partial charge in [-0.1, -0.05) is 53.7 Å². The summed E-state index contributed by atoms with van der Waals surface area (Å²) in [6, 6.07) is 21.6. The lowest BCUT2D eigenvalue weighted by Gasteiger charge is -2.09. The Labute approximate surface area is 186 Å². The Bertz CT molecular complexity index is 1450. The Morgan fingerprint density at radius 2 is 1.72 bits per heavy atom. The molecule has 0 fully saturated rings. The van der Waals surface area contributed by atoms with Gasteiger partial charge in [0, 0.05) is 22.1 Å². The lowest BCUT2D eigenvalue weighted by molar-refractivity contribution is 0.0697. The fraction of sp³-hybridized carbons (Fsp3) is 0. The summed E-state index contributed by atoms with van der Waals surface area (Å²) in [4.78, 5) is 24.9. The zero-order valence-electron chi connectivity index (χ0n) is 16.6. The highest BCUT2D eigenvalue weighted by molar-refractivity contribution is 7.08. The van der Waals surface area contributed by atoms with Crippen LogP contribution in [-0.4, -0.2) is 22.1 Å². The number of amides is 1. The molecule has 0 saturated heterocycles. The lowest BCUT2D eigenvalue weighted by atomic mass is 9.97. The largest absolute Gasteiger partial charge is 0.478 e. The number of fused-ring (bicyclic) bond motifs is 1. The Balaban J connectivity index is 1.60. The minimum absolute atomic E-state index is 0.0911. The molecule has 2 aromatic heterocycles. The molecule has 0 aliphatic rings. The Hall–Kier alpha value is -4.23. The van der Waals surface area contributed by atoms with Crippen molar-refractivity contribution in [3.05, 3.63) is 94.7 Å². The minimum atomic E-state index is -1.08. The molecule has 5 aromatic rings. The normalized spacial score (nSPS) is 10.9. The van der Waals surface area contributed by atoms with E-state index < -0.39 is 5.97 Å². The predicted molar refractivity (Wildman–Crippen MR) is 124 cm³/mol. The average Bonchev–Trinajstić information content (AvgIpc) is 3.48. The molecule has 0 atom stereocenters. The van der Waals surface area contributed by atoms with E-state index in [1.165, 1.54) is 17.4 Å². The van der Waals surface area contributed by atoms with Crippen molar-refractivity contribution in [3.63, 3.8) is 0 Å². The number of carboxylic acid groups (broad SMARTS) is 1. The number of carbonyl (C=O) groups excluding carboxylic acids is 1. The van der Waals surface area contributed by atoms with Crippen molar-refractivity contribution in [2.45, 2.75) is 0 Å². The van der Waals surface area contributed by atoms with Gasteiger partial charge in [-0.2, -0.15) is 11.3 Å². The highest BCUT2D eigenvalue weighted by atomic mass is 32.1. The van der Waals surface area contributed by atoms with Gasteiger partial charge in [-0.15, -0.1) is 0 Å². The lowest BCUT2D eigenvalue weighted by Crippen LogP contribution is -2.12. The van der Waals surface area contributed by atoms with E-state index in [1.807, 2.05) is 47.2 Å². The summed E-state index contributed by atoms with van der Waals surface area (Å²) in [6.45, 7) is 0. The van der Waals surface area contributed by atoms with Gasteiger partial charge in [0.1, 0.15) is 5.69 Å². The molecule has 6 nitrogen and oxygen atoms in total. The van der Waals surface area contributed by atoms with Crippen LogP contribution in [0, 0.1) is 0 Å². The summed E-state index contributed by atoms with van der Waals surface area (Å²) < 4.78 is 5.52. The van der Waals surface area contributed by atoms with Crippen molar-refractivity contribution in [1.29, 1.82) is 0 Å². The van der Waals surface area contributed by atoms with Crippen LogP contribution in [0.3, 0.4) is 0 Å². The Morgan fingerprint density at radius 3 is 2.50 bits per heavy atom. The van der Waals surface area contributed by atoms with Crippen LogP contribution in [0.1, 0.15) is 20.7 Å². The molecular formula is C25H16N2O4S. The van der Waals surface area contributed by atoms with Crippen LogP contribution in [0.15, 0.2) is 88.1 Å². The Kier molecular flexibility index (Phi) is 5.01. The van der Waals surface area contributed by atoms with E-state index in [9.17, 15) is 14.7 Å². The van der Waals surface area contributed by atoms with Gasteiger partial charge in [0.05, 0.1) is 11.1 Å². The van der Waals surface area contributed by atoms with Crippen LogP contribution < -0.4 is 5.32 Å². The van der Waals surface area contributed by atoms with Crippen LogP contribution in [0.25, 0.3) is 33.2 Å². The van der Waals surface area contributed by atoms with E-state index in [1.54, 1.807) is 30.3 Å². The van der Waals surface area contributed by atoms with Crippen LogP contribution >= 0.6 is 11.3 Å². The molecule has 0 bridgehead atoms. The Morgan fingerprint density at radius 1 is 0.938 bits per heavy atom. The summed E-state index contributed by atoms with van der Waals surface area (Å²) in [7, 11) is 0. The molecule has 2 heterocycles. The number of hydrogen-bond donors (Lipinski definition) is 2. The molecule has 0 spiro atoms. The molecule has 5 rings (SSSR count). The second-order valence-electron chi connectivity index (χ2n) is 7.11. The SMILES string of the molecule is O=C(Nc1onc(-c2ccsc2)c1-c1ccccc1C(=O)O)c1ccc2ccccc2c1. The second-order valence-corrected chi connectivity index (χ2v) is 7.89. The van der Waals surface area contributed by atoms with Crippen LogP contribution in [0.2, 0.25) is 0 Å². The number of benzene rings is 3. The van der Waals surface area contributed by atoms with Crippen molar-refractivity contribution >= 4 is 39.9 Å². The molecule has 0 aliphatic heterocycles. The molecule has 0 saturated carbocycles. The first-order chi connectivity index (χ1) is 15.6. The van der Waals surface area contributed by atoms with Crippen LogP contribution in [-0.2, 0) is 0 Å². The summed E-state index contributed by atoms with van der Waals surface area (Å²) in [5, 5.41) is 22.4. The first-order valence-electron chi connectivity index (χ1n) is 9.77. The number of rotatable bonds is 5. The van der Waals surface area contributed by atoms with E-state index in [0.29, 0.717) is 22.4 Å². The third-order valence-corrected chi connectivity index (χ3v) is 5.84. The van der Waals surface area contributed by atoms with E-state index in [4.69, 9.17) is 4.52 Å². The molecule has 32 heavy (non-hydrogen) atoms. The number of nitrogens with one attached hydrogen (secondary N) is 1. The third-order valence-electron chi connectivity index (χ3n) is 5.15. The summed E-state index contributed by atoms with van der Waals surface area (Å²) in [6.07, 6.45) is 0. The van der Waals surface area contributed by atoms with E-state index in [2.05, 4.69) is 10.5 Å². The molecule has 2 N–H and O–H groups in total. The number of carbonyl (C=O) groups is 2. The fourth-order valence-corrected chi connectivity index (χ4v) is 4.26. The highest BCUT2D eigenvalue weighted by Crippen LogP contribution is 2.40. The monoisotopic (exact) mass is 440 g/mol. The van der Waals surface area contributed by atoms with Crippen molar-refractivity contribution < 1.29 is 19.2 Å². The number of hydrogen-bond acceptors (Lipinski definition) is 5. The third kappa shape index (κ3) is 3.55. The van der Waals surface area contributed by atoms with E-state index in [0.717, 1.165) is 16.3 Å². The maximum Gasteiger partial charge on any atom is 0.336 e. The zero-order valence-corrected chi connectivity index (χ0v) is 17.4. The molecular weight excluding hydrogens is 424 g/mol. The van der Waals surface area contributed by atoms with Gasteiger partial charge in [0.25, 0.3) is 5.91 Å². The standard InChI is InChI=1S/C25H16N2O4S/c28-23(17-10-9-15-5-1-2-6-16(15)13-17)26-24-21(19-7-3-4-8-20(19)25(29)30)22(27-31-24)18-11-12-32-14-18/h1-14H,(H,26,28)(H,29,30). The van der Waals surface area contributed by atoms with E-state index >= 15 is 0 Å². The maximum atomic E-state index is 13.0. The first kappa shape index (κ1) is 19.7. The number of anilines is 1. The summed E-state index contributed by atoms with van der Waals surface area (Å²) >= 11 is 1.48. The first-order valence-corrected chi connectivity index (χ1v) is 10.7. The fourth-order valence-electron chi connectivity index (χ4n) is 3.62. The van der Waals surface area contributed by atoms with E-state index in [-0.39, 0.29) is 17.4 Å². The van der Waals surface area contributed by atoms with Gasteiger partial charge < -0.3 is 9.63 Å². The number of nitrogens with zero attached hydrogens (tertiary/aromatic N) is 1. The zero-order chi connectivity index (χ0) is 22.1. The van der Waals surface area contributed by atoms with Gasteiger partial charge in [0.15, 0.2) is 0 Å². The highest BCUT2D eigenvalue weighted by Gasteiger charge is 2.25. The molecule has 0 unspecified atom stereocenters. The van der Waals surface area contributed by atoms with Crippen molar-refractivity contribution in [3.8, 4) is 22.4 Å². The van der Waals surface area contributed by atoms with Gasteiger partial charge in [-0.25, -0.2) is 4.79 Å². The van der Waals surface area contributed by atoms with Gasteiger partial charge in [0.2, 0.25) is 5.88 Å². The second kappa shape index (κ2) is 8.13. The molecule has 0 radical (unpaired) electrons. The maximum absolute atomic E-state index is 13.0. The minimum Gasteiger partial charge on any atom is -0.478 e. The molecule has 156 valence electrons. The topological polar surface area (TPSA) is 92.4 Å².